The van der Waals surface area contributed by atoms with Crippen LogP contribution in [-0.4, -0.2) is 19.0 Å². The molecule has 1 aromatic heterocycles. The molecule has 30 heavy (non-hydrogen) atoms. The summed E-state index contributed by atoms with van der Waals surface area (Å²) < 4.78 is 49.8. The lowest BCUT2D eigenvalue weighted by molar-refractivity contribution is -0.137. The van der Waals surface area contributed by atoms with E-state index in [0.29, 0.717) is 5.02 Å². The summed E-state index contributed by atoms with van der Waals surface area (Å²) in [5, 5.41) is 4.39. The highest BCUT2D eigenvalue weighted by Crippen LogP contribution is 2.38. The number of ether oxygens (including phenoxy) is 2. The largest absolute Gasteiger partial charge is 0.465 e. The number of halogens is 4. The van der Waals surface area contributed by atoms with Crippen LogP contribution < -0.4 is 10.1 Å². The van der Waals surface area contributed by atoms with Crippen LogP contribution in [0.15, 0.2) is 53.9 Å². The van der Waals surface area contributed by atoms with Gasteiger partial charge >= 0.3 is 12.1 Å². The third-order valence-corrected chi connectivity index (χ3v) is 5.01. The van der Waals surface area contributed by atoms with Crippen molar-refractivity contribution >= 4 is 40.5 Å². The van der Waals surface area contributed by atoms with E-state index in [9.17, 15) is 22.8 Å². The Morgan fingerprint density at radius 3 is 2.37 bits per heavy atom. The van der Waals surface area contributed by atoms with E-state index < -0.39 is 23.6 Å². The summed E-state index contributed by atoms with van der Waals surface area (Å²) in [6.07, 6.45) is -4.63. The number of carbonyl (C=O) groups excluding carboxylic acids is 2. The number of methoxy groups -OCH3 is 1. The Balaban J connectivity index is 1.97. The number of hydrogen-bond donors (Lipinski definition) is 1. The normalized spacial score (nSPS) is 11.1. The smallest absolute Gasteiger partial charge is 0.416 e. The molecule has 0 spiro atoms. The van der Waals surface area contributed by atoms with Gasteiger partial charge in [-0.15, -0.1) is 11.3 Å². The van der Waals surface area contributed by atoms with E-state index in [1.807, 2.05) is 0 Å². The number of esters is 1. The molecule has 0 aliphatic carbocycles. The Kier molecular flexibility index (Phi) is 6.33. The van der Waals surface area contributed by atoms with E-state index in [1.165, 1.54) is 37.4 Å². The summed E-state index contributed by atoms with van der Waals surface area (Å²) in [5.41, 5.74) is -1.000. The highest BCUT2D eigenvalue weighted by atomic mass is 35.5. The van der Waals surface area contributed by atoms with Gasteiger partial charge in [0, 0.05) is 10.6 Å². The van der Waals surface area contributed by atoms with Gasteiger partial charge in [0.1, 0.15) is 0 Å². The molecule has 10 heteroatoms. The predicted octanol–water partition coefficient (Wildman–Crippen LogP) is 6.25. The molecule has 0 bridgehead atoms. The lowest BCUT2D eigenvalue weighted by atomic mass is 10.1. The first-order valence-electron chi connectivity index (χ1n) is 8.31. The molecule has 0 aliphatic rings. The first-order chi connectivity index (χ1) is 14.2. The maximum Gasteiger partial charge on any atom is 0.416 e. The van der Waals surface area contributed by atoms with Gasteiger partial charge in [0.05, 0.1) is 18.4 Å². The topological polar surface area (TPSA) is 64.6 Å². The number of benzene rings is 2. The number of rotatable bonds is 5. The Hall–Kier alpha value is -3.04. The number of nitrogens with one attached hydrogen (secondary N) is 1. The number of alkyl halides is 3. The Bertz CT molecular complexity index is 1080. The average molecular weight is 456 g/mol. The van der Waals surface area contributed by atoms with E-state index in [4.69, 9.17) is 16.3 Å². The van der Waals surface area contributed by atoms with Gasteiger partial charge < -0.3 is 14.8 Å². The summed E-state index contributed by atoms with van der Waals surface area (Å²) in [5.74, 6) is -1.30. The van der Waals surface area contributed by atoms with E-state index in [0.717, 1.165) is 29.5 Å². The van der Waals surface area contributed by atoms with E-state index in [1.54, 1.807) is 5.38 Å². The summed E-state index contributed by atoms with van der Waals surface area (Å²) in [6, 6.07) is 9.94. The molecule has 3 aromatic rings. The molecule has 1 N–H and O–H groups in total. The van der Waals surface area contributed by atoms with Crippen LogP contribution in [0, 0.1) is 0 Å². The summed E-state index contributed by atoms with van der Waals surface area (Å²) in [6.45, 7) is 0. The quantitative estimate of drug-likeness (QED) is 0.462. The molecule has 3 rings (SSSR count). The molecule has 5 nitrogen and oxygen atoms in total. The van der Waals surface area contributed by atoms with Crippen molar-refractivity contribution in [3.8, 4) is 11.5 Å². The second-order valence-corrected chi connectivity index (χ2v) is 7.23. The number of thiophene rings is 1. The molecule has 1 amide bonds. The lowest BCUT2D eigenvalue weighted by Gasteiger charge is -2.15. The van der Waals surface area contributed by atoms with Crippen LogP contribution >= 0.6 is 22.9 Å². The molecular weight excluding hydrogens is 443 g/mol. The van der Waals surface area contributed by atoms with E-state index in [-0.39, 0.29) is 27.6 Å². The molecule has 0 saturated heterocycles. The van der Waals surface area contributed by atoms with Crippen LogP contribution in [0.5, 0.6) is 11.5 Å². The zero-order valence-corrected chi connectivity index (χ0v) is 16.8. The fraction of sp³-hybridized carbons (Fsp3) is 0.100. The molecule has 0 saturated carbocycles. The first kappa shape index (κ1) is 21.7. The third kappa shape index (κ3) is 4.92. The van der Waals surface area contributed by atoms with Crippen LogP contribution in [0.1, 0.15) is 25.6 Å². The maximum absolute atomic E-state index is 13.2. The molecule has 0 aliphatic heterocycles. The number of hydrogen-bond acceptors (Lipinski definition) is 5. The SMILES string of the molecule is COC(=O)c1sccc1Oc1ccc(C(F)(F)F)cc1NC(=O)c1ccc(Cl)cc1. The second kappa shape index (κ2) is 8.76. The van der Waals surface area contributed by atoms with Crippen molar-refractivity contribution < 1.29 is 32.2 Å². The predicted molar refractivity (Wildman–Crippen MR) is 107 cm³/mol. The minimum atomic E-state index is -4.63. The van der Waals surface area contributed by atoms with Crippen LogP contribution in [0.4, 0.5) is 18.9 Å². The average Bonchev–Trinajstić information content (AvgIpc) is 3.16. The van der Waals surface area contributed by atoms with Gasteiger partial charge in [-0.05, 0) is 53.9 Å². The van der Waals surface area contributed by atoms with Gasteiger partial charge in [0.15, 0.2) is 16.4 Å². The van der Waals surface area contributed by atoms with Gasteiger partial charge in [-0.2, -0.15) is 13.2 Å². The highest BCUT2D eigenvalue weighted by molar-refractivity contribution is 7.12. The molecule has 0 fully saturated rings. The van der Waals surface area contributed by atoms with Crippen molar-refractivity contribution in [3.63, 3.8) is 0 Å². The van der Waals surface area contributed by atoms with Gasteiger partial charge in [-0.3, -0.25) is 4.79 Å². The van der Waals surface area contributed by atoms with Crippen molar-refractivity contribution in [1.82, 2.24) is 0 Å². The minimum absolute atomic E-state index is 0.0751. The molecule has 156 valence electrons. The fourth-order valence-electron chi connectivity index (χ4n) is 2.43. The van der Waals surface area contributed by atoms with Crippen LogP contribution in [0.25, 0.3) is 0 Å². The van der Waals surface area contributed by atoms with Gasteiger partial charge in [-0.1, -0.05) is 11.6 Å². The van der Waals surface area contributed by atoms with Crippen molar-refractivity contribution in [2.24, 2.45) is 0 Å². The Labute approximate surface area is 178 Å². The van der Waals surface area contributed by atoms with Gasteiger partial charge in [0.2, 0.25) is 0 Å². The Morgan fingerprint density at radius 1 is 1.03 bits per heavy atom. The van der Waals surface area contributed by atoms with Crippen LogP contribution in [0.2, 0.25) is 5.02 Å². The maximum atomic E-state index is 13.2. The number of anilines is 1. The first-order valence-corrected chi connectivity index (χ1v) is 9.56. The minimum Gasteiger partial charge on any atom is -0.465 e. The van der Waals surface area contributed by atoms with Crippen molar-refractivity contribution in [3.05, 3.63) is 74.9 Å². The zero-order chi connectivity index (χ0) is 21.9. The molecule has 2 aromatic carbocycles. The third-order valence-electron chi connectivity index (χ3n) is 3.88. The van der Waals surface area contributed by atoms with Gasteiger partial charge in [-0.25, -0.2) is 4.79 Å². The molecular formula is C20H13ClF3NO4S. The number of carbonyl (C=O) groups is 2. The van der Waals surface area contributed by atoms with E-state index >= 15 is 0 Å². The zero-order valence-electron chi connectivity index (χ0n) is 15.2. The highest BCUT2D eigenvalue weighted by Gasteiger charge is 2.31. The number of amides is 1. The monoisotopic (exact) mass is 455 g/mol. The van der Waals surface area contributed by atoms with Crippen LogP contribution in [-0.2, 0) is 10.9 Å². The van der Waals surface area contributed by atoms with Crippen molar-refractivity contribution in [1.29, 1.82) is 0 Å². The molecule has 0 unspecified atom stereocenters. The van der Waals surface area contributed by atoms with E-state index in [2.05, 4.69) is 10.1 Å². The fourth-order valence-corrected chi connectivity index (χ4v) is 3.29. The summed E-state index contributed by atoms with van der Waals surface area (Å²) in [7, 11) is 1.20. The summed E-state index contributed by atoms with van der Waals surface area (Å²) in [4.78, 5) is 24.5. The van der Waals surface area contributed by atoms with Crippen molar-refractivity contribution in [2.45, 2.75) is 6.18 Å². The molecule has 1 heterocycles. The Morgan fingerprint density at radius 2 is 1.73 bits per heavy atom. The molecule has 0 atom stereocenters. The second-order valence-electron chi connectivity index (χ2n) is 5.88. The van der Waals surface area contributed by atoms with Crippen molar-refractivity contribution in [2.75, 3.05) is 12.4 Å². The standard InChI is InChI=1S/C20H13ClF3NO4S/c1-28-19(27)17-16(8-9-30-17)29-15-7-4-12(20(22,23)24)10-14(15)25-18(26)11-2-5-13(21)6-3-11/h2-10H,1H3,(H,25,26). The van der Waals surface area contributed by atoms with Gasteiger partial charge in [0.25, 0.3) is 5.91 Å². The summed E-state index contributed by atoms with van der Waals surface area (Å²) >= 11 is 6.84. The molecule has 0 radical (unpaired) electrons. The van der Waals surface area contributed by atoms with Crippen LogP contribution in [0.3, 0.4) is 0 Å². The lowest BCUT2D eigenvalue weighted by Crippen LogP contribution is -2.14.